The van der Waals surface area contributed by atoms with E-state index in [4.69, 9.17) is 56.5 Å². The molecule has 2 aliphatic heterocycles. The number of hydrogen-bond donors (Lipinski definition) is 1. The van der Waals surface area contributed by atoms with E-state index in [-0.39, 0.29) is 56.5 Å². The summed E-state index contributed by atoms with van der Waals surface area (Å²) < 4.78 is 63.5. The molecular weight excluding hydrogens is 1210 g/mol. The Balaban J connectivity index is 0.000000161. The molecule has 21 heteroatoms. The zero-order valence-electron chi connectivity index (χ0n) is 53.2. The zero-order chi connectivity index (χ0) is 68.1. The van der Waals surface area contributed by atoms with Crippen molar-refractivity contribution in [3.8, 4) is 74.4 Å². The molecule has 0 radical (unpaired) electrons. The molecule has 0 amide bonds. The second-order valence-corrected chi connectivity index (χ2v) is 20.9. The zero-order valence-corrected chi connectivity index (χ0v) is 53.2. The number of hydrogen-bond acceptors (Lipinski definition) is 21. The number of fused-ring (bicyclic) bond motifs is 3. The van der Waals surface area contributed by atoms with E-state index in [0.717, 1.165) is 28.5 Å². The average molecular weight is 1280 g/mol. The lowest BCUT2D eigenvalue weighted by Gasteiger charge is -2.48. The van der Waals surface area contributed by atoms with Crippen molar-refractivity contribution in [2.45, 2.75) is 39.4 Å². The van der Waals surface area contributed by atoms with E-state index in [1.165, 1.54) is 97.3 Å². The average Bonchev–Trinajstić information content (AvgIpc) is 0.695. The van der Waals surface area contributed by atoms with Crippen LogP contribution >= 0.6 is 0 Å². The van der Waals surface area contributed by atoms with Crippen molar-refractivity contribution in [1.29, 1.82) is 0 Å². The Morgan fingerprint density at radius 2 is 0.915 bits per heavy atom. The maximum atomic E-state index is 13.2. The molecule has 21 nitrogen and oxygen atoms in total. The van der Waals surface area contributed by atoms with Crippen molar-refractivity contribution < 1.29 is 95.2 Å². The van der Waals surface area contributed by atoms with Gasteiger partial charge in [0.15, 0.2) is 12.2 Å². The Bertz CT molecular complexity index is 4530. The monoisotopic (exact) mass is 1280 g/mol. The third kappa shape index (κ3) is 14.1. The van der Waals surface area contributed by atoms with Crippen molar-refractivity contribution >= 4 is 51.8 Å². The van der Waals surface area contributed by atoms with Crippen LogP contribution in [0.25, 0.3) is 22.1 Å². The molecule has 1 aromatic heterocycles. The molecule has 11 rings (SSSR count). The molecule has 3 heterocycles. The number of phenols is 1. The van der Waals surface area contributed by atoms with Crippen molar-refractivity contribution in [2.75, 3.05) is 56.9 Å². The van der Waals surface area contributed by atoms with Crippen molar-refractivity contribution in [3.63, 3.8) is 0 Å². The first-order valence-electron chi connectivity index (χ1n) is 28.5. The van der Waals surface area contributed by atoms with Crippen molar-refractivity contribution in [2.24, 2.45) is 0 Å². The molecule has 2 aliphatic rings. The van der Waals surface area contributed by atoms with Crippen LogP contribution in [0, 0.1) is 27.7 Å². The third-order valence-electron chi connectivity index (χ3n) is 15.0. The van der Waals surface area contributed by atoms with Crippen LogP contribution in [-0.4, -0.2) is 109 Å². The molecule has 1 saturated heterocycles. The van der Waals surface area contributed by atoms with Gasteiger partial charge in [0.25, 0.3) is 5.60 Å². The molecule has 0 spiro atoms. The van der Waals surface area contributed by atoms with Crippen molar-refractivity contribution in [1.82, 2.24) is 0 Å². The fourth-order valence-corrected chi connectivity index (χ4v) is 10.1. The number of ether oxygens (including phenoxy) is 11. The van der Waals surface area contributed by atoms with Gasteiger partial charge in [0.2, 0.25) is 40.4 Å². The molecule has 2 atom stereocenters. The van der Waals surface area contributed by atoms with E-state index in [0.29, 0.717) is 73.5 Å². The summed E-state index contributed by atoms with van der Waals surface area (Å²) in [6.07, 6.45) is 1.23. The number of aromatic hydroxyl groups is 1. The van der Waals surface area contributed by atoms with Gasteiger partial charge in [-0.3, -0.25) is 28.8 Å². The fourth-order valence-electron chi connectivity index (χ4n) is 10.1. The van der Waals surface area contributed by atoms with Crippen LogP contribution < -0.4 is 52.8 Å². The minimum Gasteiger partial charge on any atom is -0.507 e. The van der Waals surface area contributed by atoms with E-state index >= 15 is 0 Å². The van der Waals surface area contributed by atoms with E-state index in [9.17, 15) is 43.5 Å². The summed E-state index contributed by atoms with van der Waals surface area (Å²) in [4.78, 5) is 98.3. The highest BCUT2D eigenvalue weighted by Gasteiger charge is 2.68. The summed E-state index contributed by atoms with van der Waals surface area (Å²) in [5.41, 5.74) is 4.76. The number of phenolic OH excluding ortho intramolecular Hbond substituents is 1. The normalized spacial score (nSPS) is 13.7. The van der Waals surface area contributed by atoms with Gasteiger partial charge in [-0.1, -0.05) is 24.3 Å². The summed E-state index contributed by atoms with van der Waals surface area (Å²) in [7, 11) is 11.9. The summed E-state index contributed by atoms with van der Waals surface area (Å²) in [6, 6.07) is 39.4. The van der Waals surface area contributed by atoms with Gasteiger partial charge in [-0.05, 0) is 147 Å². The van der Waals surface area contributed by atoms with Gasteiger partial charge in [0.05, 0.1) is 101 Å². The third-order valence-corrected chi connectivity index (χ3v) is 15.0. The van der Waals surface area contributed by atoms with Gasteiger partial charge >= 0.3 is 5.97 Å². The van der Waals surface area contributed by atoms with Crippen LogP contribution in [0.15, 0.2) is 167 Å². The first-order valence-corrected chi connectivity index (χ1v) is 28.5. The smallest absolute Gasteiger partial charge is 0.354 e. The van der Waals surface area contributed by atoms with E-state index in [2.05, 4.69) is 0 Å². The van der Waals surface area contributed by atoms with Gasteiger partial charge < -0.3 is 61.6 Å². The lowest BCUT2D eigenvalue weighted by atomic mass is 9.75. The first-order chi connectivity index (χ1) is 45.1. The number of methoxy groups -OCH3 is 8. The number of benzene rings is 8. The number of aryl methyl sites for hydroxylation is 4. The molecule has 0 saturated carbocycles. The Morgan fingerprint density at radius 3 is 1.46 bits per heavy atom. The van der Waals surface area contributed by atoms with Crippen molar-refractivity contribution in [3.05, 3.63) is 224 Å². The fraction of sp³-hybridized carbons (Fsp3) is 0.192. The standard InChI is InChI=1S/2C19H16O6.C18H16O4.C17H16O5/c1-10-4-6-12-14(8-10)24-17-18(21)25-19(17,16(12)20)13-7-5-11(22-2)9-15(13)23-3;1-12-4-6-15(17(10-12)25-9-8-20)19(22)18(21)14-7-5-13(23-2)11-16(14)24-3;1-11-4-6-14-17(8-11)22-10-15(18(14)19)13-7-5-12(20-2)9-16(13)21-3;1-10-4-6-12(14(18)8-10)16(19)17(20)13-7-5-11(21-2)9-15(13)22-3/h4-9,17H,1-3H3;4-7,9-11H,1-3H3;4-10H,1-3H3;4-9,18H,1-3H3. The number of carbonyl (C=O) groups excluding carboxylic acids is 7. The second kappa shape index (κ2) is 29.8. The molecular formula is C73H64O21. The number of Topliss-reactive ketones (excluding diaryl/α,β-unsaturated/α-hetero) is 5. The Hall–Kier alpha value is -12.0. The molecule has 0 bridgehead atoms. The summed E-state index contributed by atoms with van der Waals surface area (Å²) >= 11 is 0. The molecule has 9 aromatic rings. The maximum absolute atomic E-state index is 13.2. The number of carbonyl (C=O) groups is 6. The van der Waals surface area contributed by atoms with Crippen LogP contribution in [0.4, 0.5) is 0 Å². The predicted octanol–water partition coefficient (Wildman–Crippen LogP) is 11.8. The van der Waals surface area contributed by atoms with Crippen LogP contribution in [-0.2, 0) is 19.9 Å². The highest BCUT2D eigenvalue weighted by atomic mass is 16.7. The minimum absolute atomic E-state index is 0.0338. The maximum Gasteiger partial charge on any atom is 0.354 e. The minimum atomic E-state index is -1.53. The van der Waals surface area contributed by atoms with Crippen LogP contribution in [0.5, 0.6) is 63.2 Å². The topological polar surface area (TPSA) is 271 Å². The summed E-state index contributed by atoms with van der Waals surface area (Å²) in [5.74, 6) is 1.45. The Labute approximate surface area is 539 Å². The molecule has 1 N–H and O–H groups in total. The Kier molecular flexibility index (Phi) is 21.5. The predicted molar refractivity (Wildman–Crippen MR) is 344 cm³/mol. The van der Waals surface area contributed by atoms with Gasteiger partial charge in [0.1, 0.15) is 75.1 Å². The highest BCUT2D eigenvalue weighted by molar-refractivity contribution is 6.51. The van der Waals surface area contributed by atoms with E-state index < -0.39 is 40.8 Å². The van der Waals surface area contributed by atoms with Gasteiger partial charge in [0, 0.05) is 29.8 Å². The first kappa shape index (κ1) is 68.0. The molecule has 482 valence electrons. The number of rotatable bonds is 18. The van der Waals surface area contributed by atoms with Gasteiger partial charge in [-0.2, -0.15) is 0 Å². The molecule has 8 aromatic carbocycles. The van der Waals surface area contributed by atoms with Crippen LogP contribution in [0.1, 0.15) is 79.6 Å². The lowest BCUT2D eigenvalue weighted by molar-refractivity contribution is -0.216. The van der Waals surface area contributed by atoms with E-state index in [1.54, 1.807) is 113 Å². The van der Waals surface area contributed by atoms with E-state index in [1.807, 2.05) is 32.0 Å². The number of ketones is 5. The van der Waals surface area contributed by atoms with Gasteiger partial charge in [-0.25, -0.2) is 9.59 Å². The van der Waals surface area contributed by atoms with Crippen LogP contribution in [0.3, 0.4) is 0 Å². The lowest BCUT2D eigenvalue weighted by Crippen LogP contribution is -2.68. The number of esters is 1. The SMILES string of the molecule is COc1ccc(-c2coc3cc(C)ccc3c2=O)c(OC)c1.COc1ccc(C(=O)C(=O)c2ccc(C)cc2O)c(OC)c1.COc1ccc(C(=O)C(=O)c2ccc(C)cc2OC=C=O)c(OC)c1.COc1ccc(C23OC(=O)C2Oc2cc(C)ccc2C3=O)c(OC)c1. The second-order valence-electron chi connectivity index (χ2n) is 20.9. The molecule has 1 fully saturated rings. The molecule has 0 aliphatic carbocycles. The van der Waals surface area contributed by atoms with Crippen LogP contribution in [0.2, 0.25) is 0 Å². The summed E-state index contributed by atoms with van der Waals surface area (Å²) in [6.45, 7) is 7.42. The highest BCUT2D eigenvalue weighted by Crippen LogP contribution is 2.52. The van der Waals surface area contributed by atoms with Gasteiger partial charge in [-0.15, -0.1) is 0 Å². The largest absolute Gasteiger partial charge is 0.507 e. The molecule has 94 heavy (non-hydrogen) atoms. The quantitative estimate of drug-likeness (QED) is 0.0275. The Morgan fingerprint density at radius 1 is 0.468 bits per heavy atom. The molecule has 2 unspecified atom stereocenters. The summed E-state index contributed by atoms with van der Waals surface area (Å²) in [5, 5.41) is 10.4.